The molecule has 0 saturated heterocycles. The minimum atomic E-state index is 0.284. The Labute approximate surface area is 80.4 Å². The highest BCUT2D eigenvalue weighted by atomic mass is 16.2. The molecule has 0 amide bonds. The lowest BCUT2D eigenvalue weighted by Gasteiger charge is -2.10. The third-order valence-corrected chi connectivity index (χ3v) is 2.77. The van der Waals surface area contributed by atoms with Gasteiger partial charge in [-0.25, -0.2) is 0 Å². The van der Waals surface area contributed by atoms with Crippen molar-refractivity contribution < 1.29 is 5.11 Å². The average Bonchev–Trinajstić information content (AvgIpc) is 2.13. The summed E-state index contributed by atoms with van der Waals surface area (Å²) >= 11 is 0. The molecule has 0 aromatic heterocycles. The second-order valence-electron chi connectivity index (χ2n) is 3.62. The van der Waals surface area contributed by atoms with Crippen molar-refractivity contribution in [2.45, 2.75) is 33.6 Å². The van der Waals surface area contributed by atoms with Crippen molar-refractivity contribution in [3.8, 4) is 0 Å². The number of benzene rings is 1. The van der Waals surface area contributed by atoms with E-state index < -0.39 is 0 Å². The van der Waals surface area contributed by atoms with Gasteiger partial charge in [-0.05, 0) is 55.9 Å². The lowest BCUT2D eigenvalue weighted by molar-refractivity contribution is 0.288. The molecular weight excluding hydrogens is 160 g/mol. The van der Waals surface area contributed by atoms with E-state index in [1.165, 1.54) is 22.3 Å². The Kier molecular flexibility index (Phi) is 3.49. The Morgan fingerprint density at radius 2 is 1.77 bits per heavy atom. The third-order valence-electron chi connectivity index (χ3n) is 2.77. The van der Waals surface area contributed by atoms with Crippen LogP contribution in [0.5, 0.6) is 0 Å². The van der Waals surface area contributed by atoms with Crippen LogP contribution in [0.25, 0.3) is 0 Å². The molecule has 1 aromatic carbocycles. The number of aryl methyl sites for hydroxylation is 2. The molecule has 0 radical (unpaired) electrons. The fraction of sp³-hybridized carbons (Fsp3) is 0.500. The van der Waals surface area contributed by atoms with Gasteiger partial charge in [0.15, 0.2) is 0 Å². The molecule has 13 heavy (non-hydrogen) atoms. The van der Waals surface area contributed by atoms with Crippen LogP contribution in [0.4, 0.5) is 0 Å². The molecule has 0 fully saturated rings. The minimum Gasteiger partial charge on any atom is -0.396 e. The molecule has 0 saturated carbocycles. The van der Waals surface area contributed by atoms with Crippen LogP contribution in [-0.4, -0.2) is 11.7 Å². The van der Waals surface area contributed by atoms with Crippen molar-refractivity contribution in [3.05, 3.63) is 34.4 Å². The molecule has 72 valence electrons. The van der Waals surface area contributed by atoms with E-state index in [4.69, 9.17) is 5.11 Å². The molecule has 1 rings (SSSR count). The highest BCUT2D eigenvalue weighted by Gasteiger charge is 2.02. The second kappa shape index (κ2) is 4.43. The first-order valence-electron chi connectivity index (χ1n) is 4.83. The Balaban J connectivity index is 2.90. The molecular formula is C12H18O. The average molecular weight is 178 g/mol. The van der Waals surface area contributed by atoms with E-state index in [-0.39, 0.29) is 6.61 Å². The zero-order valence-electron chi connectivity index (χ0n) is 8.72. The molecule has 0 aliphatic carbocycles. The summed E-state index contributed by atoms with van der Waals surface area (Å²) in [4.78, 5) is 0. The quantitative estimate of drug-likeness (QED) is 0.754. The maximum Gasteiger partial charge on any atom is 0.0434 e. The fourth-order valence-electron chi connectivity index (χ4n) is 1.55. The van der Waals surface area contributed by atoms with Crippen LogP contribution in [0.15, 0.2) is 12.1 Å². The first-order valence-corrected chi connectivity index (χ1v) is 4.83. The molecule has 0 aliphatic heterocycles. The summed E-state index contributed by atoms with van der Waals surface area (Å²) < 4.78 is 0. The van der Waals surface area contributed by atoms with Gasteiger partial charge in [0.25, 0.3) is 0 Å². The zero-order chi connectivity index (χ0) is 9.84. The Morgan fingerprint density at radius 1 is 1.08 bits per heavy atom. The van der Waals surface area contributed by atoms with Crippen LogP contribution < -0.4 is 0 Å². The fourth-order valence-corrected chi connectivity index (χ4v) is 1.55. The summed E-state index contributed by atoms with van der Waals surface area (Å²) in [6.45, 7) is 6.74. The summed E-state index contributed by atoms with van der Waals surface area (Å²) in [5, 5.41) is 8.74. The Hall–Kier alpha value is -0.820. The molecule has 0 bridgehead atoms. The summed E-state index contributed by atoms with van der Waals surface area (Å²) in [5.74, 6) is 0. The predicted octanol–water partition coefficient (Wildman–Crippen LogP) is 2.54. The summed E-state index contributed by atoms with van der Waals surface area (Å²) in [5.41, 5.74) is 5.49. The maximum absolute atomic E-state index is 8.74. The molecule has 1 heteroatoms. The van der Waals surface area contributed by atoms with Crippen molar-refractivity contribution in [1.82, 2.24) is 0 Å². The van der Waals surface area contributed by atoms with E-state index in [2.05, 4.69) is 32.9 Å². The predicted molar refractivity (Wildman–Crippen MR) is 56.1 cm³/mol. The van der Waals surface area contributed by atoms with Crippen molar-refractivity contribution in [1.29, 1.82) is 0 Å². The molecule has 1 N–H and O–H groups in total. The number of hydrogen-bond acceptors (Lipinski definition) is 1. The highest BCUT2D eigenvalue weighted by Crippen LogP contribution is 2.18. The van der Waals surface area contributed by atoms with Crippen LogP contribution in [0.2, 0.25) is 0 Å². The molecule has 0 heterocycles. The lowest BCUT2D eigenvalue weighted by Crippen LogP contribution is -1.96. The van der Waals surface area contributed by atoms with Crippen LogP contribution in [0.1, 0.15) is 28.7 Å². The first kappa shape index (κ1) is 10.3. The van der Waals surface area contributed by atoms with Gasteiger partial charge >= 0.3 is 0 Å². The van der Waals surface area contributed by atoms with Crippen LogP contribution in [-0.2, 0) is 6.42 Å². The van der Waals surface area contributed by atoms with Crippen LogP contribution in [0.3, 0.4) is 0 Å². The lowest BCUT2D eigenvalue weighted by atomic mass is 9.96. The number of aliphatic hydroxyl groups excluding tert-OH is 1. The van der Waals surface area contributed by atoms with E-state index in [0.29, 0.717) is 0 Å². The van der Waals surface area contributed by atoms with Gasteiger partial charge in [0.1, 0.15) is 0 Å². The minimum absolute atomic E-state index is 0.284. The normalized spacial score (nSPS) is 10.5. The SMILES string of the molecule is Cc1ccc(CCCO)c(C)c1C. The van der Waals surface area contributed by atoms with E-state index in [0.717, 1.165) is 12.8 Å². The number of aliphatic hydroxyl groups is 1. The van der Waals surface area contributed by atoms with Crippen molar-refractivity contribution in [3.63, 3.8) is 0 Å². The largest absolute Gasteiger partial charge is 0.396 e. The zero-order valence-corrected chi connectivity index (χ0v) is 8.72. The summed E-state index contributed by atoms with van der Waals surface area (Å²) in [6, 6.07) is 4.34. The second-order valence-corrected chi connectivity index (χ2v) is 3.62. The van der Waals surface area contributed by atoms with Crippen LogP contribution in [0, 0.1) is 20.8 Å². The van der Waals surface area contributed by atoms with Gasteiger partial charge in [0, 0.05) is 6.61 Å². The number of rotatable bonds is 3. The van der Waals surface area contributed by atoms with E-state index in [9.17, 15) is 0 Å². The van der Waals surface area contributed by atoms with E-state index >= 15 is 0 Å². The van der Waals surface area contributed by atoms with Gasteiger partial charge in [-0.15, -0.1) is 0 Å². The van der Waals surface area contributed by atoms with E-state index in [1.54, 1.807) is 0 Å². The highest BCUT2D eigenvalue weighted by molar-refractivity contribution is 5.38. The van der Waals surface area contributed by atoms with Gasteiger partial charge < -0.3 is 5.11 Å². The van der Waals surface area contributed by atoms with Gasteiger partial charge in [0.2, 0.25) is 0 Å². The third kappa shape index (κ3) is 2.31. The van der Waals surface area contributed by atoms with Crippen molar-refractivity contribution in [2.24, 2.45) is 0 Å². The first-order chi connectivity index (χ1) is 6.16. The van der Waals surface area contributed by atoms with Crippen molar-refractivity contribution >= 4 is 0 Å². The van der Waals surface area contributed by atoms with Crippen molar-refractivity contribution in [2.75, 3.05) is 6.61 Å². The Morgan fingerprint density at radius 3 is 2.38 bits per heavy atom. The molecule has 1 aromatic rings. The Bertz CT molecular complexity index is 289. The van der Waals surface area contributed by atoms with Gasteiger partial charge in [0.05, 0.1) is 0 Å². The molecule has 1 nitrogen and oxygen atoms in total. The number of hydrogen-bond donors (Lipinski definition) is 1. The molecule has 0 spiro atoms. The van der Waals surface area contributed by atoms with Gasteiger partial charge in [-0.3, -0.25) is 0 Å². The molecule has 0 aliphatic rings. The van der Waals surface area contributed by atoms with Crippen LogP contribution >= 0.6 is 0 Å². The van der Waals surface area contributed by atoms with E-state index in [1.807, 2.05) is 0 Å². The monoisotopic (exact) mass is 178 g/mol. The summed E-state index contributed by atoms with van der Waals surface area (Å²) in [6.07, 6.45) is 1.85. The summed E-state index contributed by atoms with van der Waals surface area (Å²) in [7, 11) is 0. The van der Waals surface area contributed by atoms with Gasteiger partial charge in [-0.2, -0.15) is 0 Å². The topological polar surface area (TPSA) is 20.2 Å². The smallest absolute Gasteiger partial charge is 0.0434 e. The molecule has 0 unspecified atom stereocenters. The molecule has 0 atom stereocenters. The maximum atomic E-state index is 8.74. The van der Waals surface area contributed by atoms with Gasteiger partial charge in [-0.1, -0.05) is 12.1 Å². The standard InChI is InChI=1S/C12H18O/c1-9-6-7-12(5-4-8-13)11(3)10(9)2/h6-7,13H,4-5,8H2,1-3H3.